The maximum absolute atomic E-state index is 6.31. The van der Waals surface area contributed by atoms with Gasteiger partial charge in [0.2, 0.25) is 0 Å². The Labute approximate surface area is 134 Å². The number of halogens is 1. The van der Waals surface area contributed by atoms with Crippen molar-refractivity contribution in [2.75, 3.05) is 20.3 Å². The van der Waals surface area contributed by atoms with E-state index in [1.807, 2.05) is 37.5 Å². The average molecular weight is 324 g/mol. The third-order valence-electron chi connectivity index (χ3n) is 2.82. The third-order valence-corrected chi connectivity index (χ3v) is 4.17. The molecule has 0 aliphatic carbocycles. The maximum atomic E-state index is 6.31. The minimum Gasteiger partial charge on any atom is -0.383 e. The summed E-state index contributed by atoms with van der Waals surface area (Å²) in [6.45, 7) is 4.12. The molecule has 0 aliphatic rings. The molecule has 1 aromatic heterocycles. The zero-order valence-corrected chi connectivity index (χ0v) is 13.7. The summed E-state index contributed by atoms with van der Waals surface area (Å²) in [7, 11) is 1.69. The summed E-state index contributed by atoms with van der Waals surface area (Å²) < 4.78 is 5.03. The smallest absolute Gasteiger partial charge is 0.192 e. The Morgan fingerprint density at radius 1 is 1.29 bits per heavy atom. The van der Waals surface area contributed by atoms with E-state index in [1.165, 1.54) is 11.8 Å². The molecule has 21 heavy (non-hydrogen) atoms. The third kappa shape index (κ3) is 4.97. The van der Waals surface area contributed by atoms with Crippen LogP contribution in [0.4, 0.5) is 0 Å². The highest BCUT2D eigenvalue weighted by atomic mass is 35.5. The van der Waals surface area contributed by atoms with Crippen LogP contribution in [0.5, 0.6) is 0 Å². The van der Waals surface area contributed by atoms with Crippen LogP contribution in [0.1, 0.15) is 11.1 Å². The van der Waals surface area contributed by atoms with Gasteiger partial charge in [0.05, 0.1) is 6.61 Å². The minimum atomic E-state index is 0.675. The van der Waals surface area contributed by atoms with E-state index >= 15 is 0 Å². The molecular formula is C15H18ClN3OS. The second-order valence-corrected chi connectivity index (χ2v) is 5.95. The predicted molar refractivity (Wildman–Crippen MR) is 85.9 cm³/mol. The standard InChI is InChI=1S/C15H18ClN3OS/c1-11-8-18-15(19-9-11)21-14-5-3-4-13(16)12(14)10-17-6-7-20-2/h3-5,8-9,17H,6-7,10H2,1-2H3. The molecule has 0 unspecified atom stereocenters. The van der Waals surface area contributed by atoms with Crippen LogP contribution >= 0.6 is 23.4 Å². The summed E-state index contributed by atoms with van der Waals surface area (Å²) in [5.74, 6) is 0. The molecule has 2 rings (SSSR count). The van der Waals surface area contributed by atoms with E-state index in [0.29, 0.717) is 13.2 Å². The zero-order chi connectivity index (χ0) is 15.1. The van der Waals surface area contributed by atoms with E-state index in [1.54, 1.807) is 7.11 Å². The van der Waals surface area contributed by atoms with E-state index in [0.717, 1.165) is 32.7 Å². The molecule has 0 fully saturated rings. The summed E-state index contributed by atoms with van der Waals surface area (Å²) in [5, 5.41) is 4.79. The molecule has 1 N–H and O–H groups in total. The number of aryl methyl sites for hydroxylation is 1. The molecule has 0 saturated heterocycles. The van der Waals surface area contributed by atoms with Crippen molar-refractivity contribution < 1.29 is 4.74 Å². The lowest BCUT2D eigenvalue weighted by Crippen LogP contribution is -2.19. The van der Waals surface area contributed by atoms with E-state index in [9.17, 15) is 0 Å². The largest absolute Gasteiger partial charge is 0.383 e. The molecule has 6 heteroatoms. The van der Waals surface area contributed by atoms with Crippen molar-refractivity contribution in [1.82, 2.24) is 15.3 Å². The van der Waals surface area contributed by atoms with Crippen LogP contribution in [0.2, 0.25) is 5.02 Å². The van der Waals surface area contributed by atoms with Crippen molar-refractivity contribution in [3.8, 4) is 0 Å². The Morgan fingerprint density at radius 3 is 2.76 bits per heavy atom. The number of benzene rings is 1. The van der Waals surface area contributed by atoms with Crippen molar-refractivity contribution >= 4 is 23.4 Å². The molecule has 112 valence electrons. The molecular weight excluding hydrogens is 306 g/mol. The van der Waals surface area contributed by atoms with E-state index < -0.39 is 0 Å². The topological polar surface area (TPSA) is 47.0 Å². The average Bonchev–Trinajstić information content (AvgIpc) is 2.48. The van der Waals surface area contributed by atoms with Gasteiger partial charge in [-0.15, -0.1) is 0 Å². The van der Waals surface area contributed by atoms with Crippen LogP contribution in [0.15, 0.2) is 40.6 Å². The van der Waals surface area contributed by atoms with Crippen LogP contribution in [0, 0.1) is 6.92 Å². The first-order valence-electron chi connectivity index (χ1n) is 6.64. The van der Waals surface area contributed by atoms with Gasteiger partial charge in [0.15, 0.2) is 5.16 Å². The lowest BCUT2D eigenvalue weighted by molar-refractivity contribution is 0.199. The molecule has 0 radical (unpaired) electrons. The number of aromatic nitrogens is 2. The van der Waals surface area contributed by atoms with Gasteiger partial charge in [0, 0.05) is 42.5 Å². The lowest BCUT2D eigenvalue weighted by Gasteiger charge is -2.11. The van der Waals surface area contributed by atoms with Crippen molar-refractivity contribution in [3.63, 3.8) is 0 Å². The van der Waals surface area contributed by atoms with Crippen molar-refractivity contribution in [2.45, 2.75) is 23.5 Å². The number of rotatable bonds is 7. The Bertz CT molecular complexity index is 578. The van der Waals surface area contributed by atoms with Gasteiger partial charge in [-0.25, -0.2) is 9.97 Å². The fourth-order valence-corrected chi connectivity index (χ4v) is 2.88. The normalized spacial score (nSPS) is 10.8. The monoisotopic (exact) mass is 323 g/mol. The van der Waals surface area contributed by atoms with Crippen LogP contribution < -0.4 is 5.32 Å². The molecule has 2 aromatic rings. The van der Waals surface area contributed by atoms with Crippen LogP contribution in [0.25, 0.3) is 0 Å². The summed E-state index contributed by atoms with van der Waals surface area (Å²) in [6.07, 6.45) is 3.63. The van der Waals surface area contributed by atoms with Crippen LogP contribution in [0.3, 0.4) is 0 Å². The fraction of sp³-hybridized carbons (Fsp3) is 0.333. The van der Waals surface area contributed by atoms with Crippen LogP contribution in [-0.2, 0) is 11.3 Å². The molecule has 0 bridgehead atoms. The van der Waals surface area contributed by atoms with Gasteiger partial charge in [-0.1, -0.05) is 17.7 Å². The molecule has 0 spiro atoms. The maximum Gasteiger partial charge on any atom is 0.192 e. The summed E-state index contributed by atoms with van der Waals surface area (Å²) in [6, 6.07) is 5.87. The van der Waals surface area contributed by atoms with E-state index in [2.05, 4.69) is 15.3 Å². The Kier molecular flexibility index (Phi) is 6.45. The summed E-state index contributed by atoms with van der Waals surface area (Å²) in [4.78, 5) is 9.71. The van der Waals surface area contributed by atoms with Gasteiger partial charge in [0.1, 0.15) is 0 Å². The zero-order valence-electron chi connectivity index (χ0n) is 12.1. The highest BCUT2D eigenvalue weighted by Gasteiger charge is 2.09. The first-order chi connectivity index (χ1) is 10.2. The molecule has 0 amide bonds. The lowest BCUT2D eigenvalue weighted by atomic mass is 10.2. The molecule has 0 atom stereocenters. The molecule has 0 saturated carbocycles. The van der Waals surface area contributed by atoms with Gasteiger partial charge in [-0.2, -0.15) is 0 Å². The number of hydrogen-bond donors (Lipinski definition) is 1. The number of hydrogen-bond acceptors (Lipinski definition) is 5. The highest BCUT2D eigenvalue weighted by molar-refractivity contribution is 7.99. The van der Waals surface area contributed by atoms with Gasteiger partial charge < -0.3 is 10.1 Å². The second kappa shape index (κ2) is 8.34. The molecule has 0 aliphatic heterocycles. The number of nitrogens with one attached hydrogen (secondary N) is 1. The highest BCUT2D eigenvalue weighted by Crippen LogP contribution is 2.31. The second-order valence-electron chi connectivity index (χ2n) is 4.53. The Balaban J connectivity index is 2.11. The SMILES string of the molecule is COCCNCc1c(Cl)cccc1Sc1ncc(C)cn1. The Hall–Kier alpha value is -1.14. The van der Waals surface area contributed by atoms with E-state index in [4.69, 9.17) is 16.3 Å². The van der Waals surface area contributed by atoms with Gasteiger partial charge in [0.25, 0.3) is 0 Å². The first kappa shape index (κ1) is 16.2. The van der Waals surface area contributed by atoms with Crippen molar-refractivity contribution in [1.29, 1.82) is 0 Å². The molecule has 1 aromatic carbocycles. The molecule has 1 heterocycles. The quantitative estimate of drug-likeness (QED) is 0.625. The predicted octanol–water partition coefficient (Wildman–Crippen LogP) is 3.33. The number of ether oxygens (including phenoxy) is 1. The van der Waals surface area contributed by atoms with Gasteiger partial charge >= 0.3 is 0 Å². The minimum absolute atomic E-state index is 0.675. The Morgan fingerprint density at radius 2 is 2.05 bits per heavy atom. The summed E-state index contributed by atoms with van der Waals surface area (Å²) >= 11 is 7.83. The van der Waals surface area contributed by atoms with Crippen LogP contribution in [-0.4, -0.2) is 30.2 Å². The van der Waals surface area contributed by atoms with Crippen molar-refractivity contribution in [2.24, 2.45) is 0 Å². The summed E-state index contributed by atoms with van der Waals surface area (Å²) in [5.41, 5.74) is 2.11. The first-order valence-corrected chi connectivity index (χ1v) is 7.83. The van der Waals surface area contributed by atoms with Gasteiger partial charge in [-0.05, 0) is 41.9 Å². The number of nitrogens with zero attached hydrogens (tertiary/aromatic N) is 2. The van der Waals surface area contributed by atoms with Crippen molar-refractivity contribution in [3.05, 3.63) is 46.7 Å². The fourth-order valence-electron chi connectivity index (χ4n) is 1.73. The van der Waals surface area contributed by atoms with E-state index in [-0.39, 0.29) is 0 Å². The molecule has 4 nitrogen and oxygen atoms in total. The van der Waals surface area contributed by atoms with Gasteiger partial charge in [-0.3, -0.25) is 0 Å². The number of methoxy groups -OCH3 is 1.